The average molecular weight is 495 g/mol. The molecule has 2 heterocycles. The Kier molecular flexibility index (Phi) is 6.77. The van der Waals surface area contributed by atoms with Gasteiger partial charge in [0.05, 0.1) is 23.8 Å². The van der Waals surface area contributed by atoms with Crippen molar-refractivity contribution in [2.45, 2.75) is 44.5 Å². The number of rotatable bonds is 6. The number of phenolic OH excluding ortho intramolecular Hbond substituents is 1. The highest BCUT2D eigenvalue weighted by Crippen LogP contribution is 2.37. The van der Waals surface area contributed by atoms with Crippen molar-refractivity contribution in [3.8, 4) is 11.5 Å². The maximum Gasteiger partial charge on any atom is 0.431 e. The first-order valence-corrected chi connectivity index (χ1v) is 11.2. The Hall–Kier alpha value is -3.50. The second kappa shape index (κ2) is 9.63. The molecule has 2 aromatic rings. The van der Waals surface area contributed by atoms with Crippen LogP contribution in [0.1, 0.15) is 26.2 Å². The van der Waals surface area contributed by atoms with Crippen molar-refractivity contribution in [3.63, 3.8) is 0 Å². The van der Waals surface area contributed by atoms with Crippen LogP contribution in [-0.4, -0.2) is 53.3 Å². The molecule has 2 aliphatic rings. The Labute approximate surface area is 199 Å². The number of piperidine rings is 1. The van der Waals surface area contributed by atoms with Gasteiger partial charge in [0, 0.05) is 37.9 Å². The van der Waals surface area contributed by atoms with E-state index in [-0.39, 0.29) is 11.9 Å². The molecule has 0 spiro atoms. The van der Waals surface area contributed by atoms with Crippen molar-refractivity contribution in [1.29, 1.82) is 0 Å². The number of hydrogen-bond acceptors (Lipinski definition) is 6. The molecule has 0 saturated carbocycles. The van der Waals surface area contributed by atoms with Crippen LogP contribution in [0.25, 0.3) is 0 Å². The lowest BCUT2D eigenvalue weighted by atomic mass is 9.94. The van der Waals surface area contributed by atoms with Gasteiger partial charge >= 0.3 is 12.1 Å². The Morgan fingerprint density at radius 3 is 2.40 bits per heavy atom. The van der Waals surface area contributed by atoms with Crippen LogP contribution in [0.3, 0.4) is 0 Å². The Bertz CT molecular complexity index is 1100. The molecule has 0 radical (unpaired) electrons. The molecule has 2 atom stereocenters. The molecular formula is C24H25F4N3O4. The molecule has 0 bridgehead atoms. The standard InChI is InChI=1S/C24H25F4N3O4/c1-14-20(13-22(33)34)31(29-23(14)24(26,27)28)15-2-5-17(6-3-15)35-18-8-10-30(11-9-18)21-12-16(32)4-7-19(21)25/h2-7,12,14,18,20,32H,8-11,13H2,1H3,(H,33,34)/t14-,20-/m0/s1. The van der Waals surface area contributed by atoms with Gasteiger partial charge in [-0.15, -0.1) is 0 Å². The molecule has 4 rings (SSSR count). The van der Waals surface area contributed by atoms with Crippen LogP contribution >= 0.6 is 0 Å². The average Bonchev–Trinajstić information content (AvgIpc) is 3.12. The first kappa shape index (κ1) is 24.6. The van der Waals surface area contributed by atoms with Gasteiger partial charge in [0.2, 0.25) is 0 Å². The predicted molar refractivity (Wildman–Crippen MR) is 122 cm³/mol. The van der Waals surface area contributed by atoms with Crippen LogP contribution in [0, 0.1) is 11.7 Å². The first-order valence-electron chi connectivity index (χ1n) is 11.2. The highest BCUT2D eigenvalue weighted by Gasteiger charge is 2.48. The summed E-state index contributed by atoms with van der Waals surface area (Å²) in [7, 11) is 0. The van der Waals surface area contributed by atoms with E-state index in [9.17, 15) is 32.6 Å². The molecule has 1 fully saturated rings. The number of ether oxygens (including phenoxy) is 1. The number of carboxylic acids is 1. The minimum Gasteiger partial charge on any atom is -0.508 e. The number of benzene rings is 2. The Balaban J connectivity index is 1.41. The van der Waals surface area contributed by atoms with Gasteiger partial charge in [0.1, 0.15) is 29.1 Å². The molecule has 0 unspecified atom stereocenters. The lowest BCUT2D eigenvalue weighted by molar-refractivity contribution is -0.137. The fourth-order valence-electron chi connectivity index (χ4n) is 4.51. The smallest absolute Gasteiger partial charge is 0.431 e. The molecular weight excluding hydrogens is 470 g/mol. The number of anilines is 2. The third kappa shape index (κ3) is 5.44. The zero-order valence-electron chi connectivity index (χ0n) is 18.9. The second-order valence-corrected chi connectivity index (χ2v) is 8.72. The maximum atomic E-state index is 14.1. The lowest BCUT2D eigenvalue weighted by Crippen LogP contribution is -2.38. The van der Waals surface area contributed by atoms with Gasteiger partial charge in [0.25, 0.3) is 0 Å². The Morgan fingerprint density at radius 2 is 1.80 bits per heavy atom. The summed E-state index contributed by atoms with van der Waals surface area (Å²) in [5.74, 6) is -2.21. The molecule has 2 aliphatic heterocycles. The van der Waals surface area contributed by atoms with Crippen molar-refractivity contribution < 1.29 is 37.3 Å². The number of carboxylic acid groups (broad SMARTS) is 1. The quantitative estimate of drug-likeness (QED) is 0.561. The van der Waals surface area contributed by atoms with E-state index in [4.69, 9.17) is 4.74 Å². The van der Waals surface area contributed by atoms with E-state index in [0.29, 0.717) is 43.1 Å². The summed E-state index contributed by atoms with van der Waals surface area (Å²) >= 11 is 0. The monoisotopic (exact) mass is 495 g/mol. The van der Waals surface area contributed by atoms with Crippen LogP contribution in [0.5, 0.6) is 11.5 Å². The number of phenols is 1. The van der Waals surface area contributed by atoms with Crippen molar-refractivity contribution in [1.82, 2.24) is 0 Å². The summed E-state index contributed by atoms with van der Waals surface area (Å²) in [6.07, 6.45) is -4.05. The normalized spacial score (nSPS) is 21.2. The minimum atomic E-state index is -4.65. The number of alkyl halides is 3. The second-order valence-electron chi connectivity index (χ2n) is 8.72. The van der Waals surface area contributed by atoms with E-state index in [1.54, 1.807) is 24.3 Å². The lowest BCUT2D eigenvalue weighted by Gasteiger charge is -2.34. The molecule has 1 saturated heterocycles. The van der Waals surface area contributed by atoms with Crippen LogP contribution < -0.4 is 14.6 Å². The van der Waals surface area contributed by atoms with E-state index in [0.717, 1.165) is 5.01 Å². The van der Waals surface area contributed by atoms with E-state index in [2.05, 4.69) is 5.10 Å². The summed E-state index contributed by atoms with van der Waals surface area (Å²) in [4.78, 5) is 13.1. The third-order valence-electron chi connectivity index (χ3n) is 6.33. The fraction of sp³-hybridized carbons (Fsp3) is 0.417. The van der Waals surface area contributed by atoms with Gasteiger partial charge < -0.3 is 19.8 Å². The first-order chi connectivity index (χ1) is 16.5. The van der Waals surface area contributed by atoms with Crippen LogP contribution in [0.4, 0.5) is 28.9 Å². The van der Waals surface area contributed by atoms with Gasteiger partial charge in [-0.1, -0.05) is 6.92 Å². The molecule has 35 heavy (non-hydrogen) atoms. The van der Waals surface area contributed by atoms with E-state index < -0.39 is 42.1 Å². The van der Waals surface area contributed by atoms with Crippen LogP contribution in [-0.2, 0) is 4.79 Å². The predicted octanol–water partition coefficient (Wildman–Crippen LogP) is 4.80. The summed E-state index contributed by atoms with van der Waals surface area (Å²) < 4.78 is 60.1. The van der Waals surface area contributed by atoms with E-state index in [1.165, 1.54) is 25.1 Å². The highest BCUT2D eigenvalue weighted by molar-refractivity contribution is 5.95. The van der Waals surface area contributed by atoms with E-state index >= 15 is 0 Å². The maximum absolute atomic E-state index is 14.1. The summed E-state index contributed by atoms with van der Waals surface area (Å²) in [5.41, 5.74) is -0.328. The van der Waals surface area contributed by atoms with Crippen molar-refractivity contribution in [2.24, 2.45) is 11.0 Å². The molecule has 0 amide bonds. The number of hydrogen-bond donors (Lipinski definition) is 2. The summed E-state index contributed by atoms with van der Waals surface area (Å²) in [5, 5.41) is 23.6. The van der Waals surface area contributed by atoms with E-state index in [1.807, 2.05) is 4.90 Å². The zero-order chi connectivity index (χ0) is 25.3. The summed E-state index contributed by atoms with van der Waals surface area (Å²) in [6, 6.07) is 9.27. The minimum absolute atomic E-state index is 0.00968. The van der Waals surface area contributed by atoms with Crippen molar-refractivity contribution in [2.75, 3.05) is 23.0 Å². The third-order valence-corrected chi connectivity index (χ3v) is 6.33. The number of nitrogens with zero attached hydrogens (tertiary/aromatic N) is 3. The molecule has 7 nitrogen and oxygen atoms in total. The molecule has 0 aromatic heterocycles. The summed E-state index contributed by atoms with van der Waals surface area (Å²) in [6.45, 7) is 2.38. The van der Waals surface area contributed by atoms with Gasteiger partial charge in [-0.3, -0.25) is 9.80 Å². The largest absolute Gasteiger partial charge is 0.508 e. The fourth-order valence-corrected chi connectivity index (χ4v) is 4.51. The number of carbonyl (C=O) groups is 1. The molecule has 188 valence electrons. The Morgan fingerprint density at radius 1 is 1.14 bits per heavy atom. The molecule has 2 N–H and O–H groups in total. The zero-order valence-corrected chi connectivity index (χ0v) is 18.9. The number of aliphatic carboxylic acids is 1. The van der Waals surface area contributed by atoms with Gasteiger partial charge in [-0.25, -0.2) is 4.39 Å². The van der Waals surface area contributed by atoms with Gasteiger partial charge in [-0.05, 0) is 36.4 Å². The highest BCUT2D eigenvalue weighted by atomic mass is 19.4. The van der Waals surface area contributed by atoms with Crippen LogP contribution in [0.15, 0.2) is 47.6 Å². The van der Waals surface area contributed by atoms with Crippen molar-refractivity contribution in [3.05, 3.63) is 48.3 Å². The molecule has 11 heteroatoms. The number of aromatic hydroxyl groups is 1. The topological polar surface area (TPSA) is 85.6 Å². The van der Waals surface area contributed by atoms with Crippen molar-refractivity contribution >= 4 is 23.1 Å². The molecule has 0 aliphatic carbocycles. The SMILES string of the molecule is C[C@@H]1C(C(F)(F)F)=NN(c2ccc(OC3CCN(c4cc(O)ccc4F)CC3)cc2)[C@H]1CC(=O)O. The number of hydrazone groups is 1. The molecule has 2 aromatic carbocycles. The van der Waals surface area contributed by atoms with Crippen LogP contribution in [0.2, 0.25) is 0 Å². The van der Waals surface area contributed by atoms with Gasteiger partial charge in [-0.2, -0.15) is 18.3 Å². The number of halogens is 4. The van der Waals surface area contributed by atoms with Gasteiger partial charge in [0.15, 0.2) is 0 Å².